The molecule has 0 aliphatic carbocycles. The molecule has 7 nitrogen and oxygen atoms in total. The summed E-state index contributed by atoms with van der Waals surface area (Å²) in [5.41, 5.74) is 0.820. The van der Waals surface area contributed by atoms with Crippen LogP contribution >= 0.6 is 0 Å². The molecule has 140 valence electrons. The van der Waals surface area contributed by atoms with Gasteiger partial charge in [0.25, 0.3) is 0 Å². The number of rotatable bonds is 3. The largest absolute Gasteiger partial charge is 0.381 e. The summed E-state index contributed by atoms with van der Waals surface area (Å²) >= 11 is 0. The highest BCUT2D eigenvalue weighted by molar-refractivity contribution is 7.89. The average Bonchev–Trinajstić information content (AvgIpc) is 3.20. The molecule has 1 aromatic carbocycles. The van der Waals surface area contributed by atoms with E-state index in [9.17, 15) is 8.42 Å². The zero-order chi connectivity index (χ0) is 18.4. The van der Waals surface area contributed by atoms with E-state index in [1.54, 1.807) is 23.4 Å². The van der Waals surface area contributed by atoms with Crippen LogP contribution in [0.3, 0.4) is 0 Å². The highest BCUT2D eigenvalue weighted by Crippen LogP contribution is 2.50. The summed E-state index contributed by atoms with van der Waals surface area (Å²) in [6.45, 7) is 5.79. The van der Waals surface area contributed by atoms with Crippen molar-refractivity contribution >= 4 is 10.0 Å². The van der Waals surface area contributed by atoms with Crippen molar-refractivity contribution in [1.82, 2.24) is 14.4 Å². The summed E-state index contributed by atoms with van der Waals surface area (Å²) in [4.78, 5) is 4.73. The van der Waals surface area contributed by atoms with Crippen LogP contribution in [0.1, 0.15) is 36.0 Å². The molecule has 0 radical (unpaired) electrons. The van der Waals surface area contributed by atoms with Gasteiger partial charge in [0, 0.05) is 31.7 Å². The molecule has 8 heteroatoms. The first-order valence-electron chi connectivity index (χ1n) is 8.85. The van der Waals surface area contributed by atoms with E-state index in [-0.39, 0.29) is 11.3 Å². The molecule has 26 heavy (non-hydrogen) atoms. The molecule has 0 amide bonds. The number of ether oxygens (including phenoxy) is 1. The van der Waals surface area contributed by atoms with Crippen LogP contribution in [0.15, 0.2) is 33.7 Å². The van der Waals surface area contributed by atoms with Crippen molar-refractivity contribution in [2.45, 2.75) is 37.5 Å². The predicted molar refractivity (Wildman–Crippen MR) is 94.2 cm³/mol. The molecule has 1 atom stereocenters. The van der Waals surface area contributed by atoms with Gasteiger partial charge in [-0.25, -0.2) is 8.42 Å². The van der Waals surface area contributed by atoms with Crippen LogP contribution in [0, 0.1) is 19.3 Å². The number of aryl methyl sites for hydroxylation is 2. The molecule has 2 aliphatic rings. The second-order valence-corrected chi connectivity index (χ2v) is 9.26. The van der Waals surface area contributed by atoms with Crippen LogP contribution in [-0.2, 0) is 14.8 Å². The van der Waals surface area contributed by atoms with Crippen molar-refractivity contribution in [3.8, 4) is 0 Å². The first kappa shape index (κ1) is 17.6. The van der Waals surface area contributed by atoms with Gasteiger partial charge in [-0.3, -0.25) is 0 Å². The van der Waals surface area contributed by atoms with Gasteiger partial charge in [0.2, 0.25) is 15.9 Å². The zero-order valence-electron chi connectivity index (χ0n) is 15.0. The van der Waals surface area contributed by atoms with Gasteiger partial charge in [0.05, 0.1) is 10.8 Å². The van der Waals surface area contributed by atoms with E-state index in [0.29, 0.717) is 42.9 Å². The summed E-state index contributed by atoms with van der Waals surface area (Å²) in [5, 5.41) is 3.91. The molecule has 0 bridgehead atoms. The minimum Gasteiger partial charge on any atom is -0.381 e. The van der Waals surface area contributed by atoms with Gasteiger partial charge < -0.3 is 9.26 Å². The number of aromatic nitrogens is 2. The normalized spacial score (nSPS) is 23.5. The third-order valence-electron chi connectivity index (χ3n) is 5.61. The Hall–Kier alpha value is -1.77. The standard InChI is InChI=1S/C18H23N3O4S/c1-13-3-5-15(6-4-13)26(22,23)21-11-16(17-19-14(2)20-25-17)18(12-21)7-9-24-10-8-18/h3-6,16H,7-12H2,1-2H3. The molecular formula is C18H23N3O4S. The minimum atomic E-state index is -3.56. The molecule has 0 saturated carbocycles. The number of nitrogens with zero attached hydrogens (tertiary/aromatic N) is 3. The molecule has 3 heterocycles. The molecule has 2 saturated heterocycles. The van der Waals surface area contributed by atoms with Gasteiger partial charge in [-0.2, -0.15) is 9.29 Å². The Morgan fingerprint density at radius 2 is 1.85 bits per heavy atom. The van der Waals surface area contributed by atoms with Gasteiger partial charge in [-0.05, 0) is 38.8 Å². The van der Waals surface area contributed by atoms with Crippen LogP contribution in [0.25, 0.3) is 0 Å². The molecule has 1 aromatic heterocycles. The van der Waals surface area contributed by atoms with E-state index >= 15 is 0 Å². The van der Waals surface area contributed by atoms with Crippen LogP contribution in [0.4, 0.5) is 0 Å². The van der Waals surface area contributed by atoms with E-state index in [1.165, 1.54) is 0 Å². The second kappa shape index (κ2) is 6.44. The van der Waals surface area contributed by atoms with E-state index in [2.05, 4.69) is 10.1 Å². The Morgan fingerprint density at radius 1 is 1.15 bits per heavy atom. The number of sulfonamides is 1. The third kappa shape index (κ3) is 2.95. The SMILES string of the molecule is Cc1ccc(S(=O)(=O)N2CC(c3nc(C)no3)C3(CCOCC3)C2)cc1. The molecule has 1 spiro atoms. The second-order valence-electron chi connectivity index (χ2n) is 7.32. The Labute approximate surface area is 153 Å². The van der Waals surface area contributed by atoms with Crippen molar-refractivity contribution in [3.63, 3.8) is 0 Å². The third-order valence-corrected chi connectivity index (χ3v) is 7.43. The van der Waals surface area contributed by atoms with Crippen molar-refractivity contribution in [3.05, 3.63) is 41.5 Å². The maximum atomic E-state index is 13.2. The number of benzene rings is 1. The topological polar surface area (TPSA) is 85.5 Å². The van der Waals surface area contributed by atoms with Crippen molar-refractivity contribution < 1.29 is 17.7 Å². The van der Waals surface area contributed by atoms with E-state index < -0.39 is 10.0 Å². The number of hydrogen-bond acceptors (Lipinski definition) is 6. The maximum absolute atomic E-state index is 13.2. The fourth-order valence-electron chi connectivity index (χ4n) is 4.04. The fraction of sp³-hybridized carbons (Fsp3) is 0.556. The van der Waals surface area contributed by atoms with Crippen molar-refractivity contribution in [2.75, 3.05) is 26.3 Å². The minimum absolute atomic E-state index is 0.104. The lowest BCUT2D eigenvalue weighted by Gasteiger charge is -2.36. The smallest absolute Gasteiger partial charge is 0.243 e. The summed E-state index contributed by atoms with van der Waals surface area (Å²) in [6, 6.07) is 7.00. The highest BCUT2D eigenvalue weighted by Gasteiger charge is 2.53. The lowest BCUT2D eigenvalue weighted by atomic mass is 9.72. The van der Waals surface area contributed by atoms with E-state index in [0.717, 1.165) is 18.4 Å². The average molecular weight is 377 g/mol. The monoisotopic (exact) mass is 377 g/mol. The van der Waals surface area contributed by atoms with Gasteiger partial charge >= 0.3 is 0 Å². The summed E-state index contributed by atoms with van der Waals surface area (Å²) in [5.74, 6) is 1.00. The Balaban J connectivity index is 1.69. The summed E-state index contributed by atoms with van der Waals surface area (Å²) in [7, 11) is -3.56. The van der Waals surface area contributed by atoms with Crippen LogP contribution in [0.5, 0.6) is 0 Å². The van der Waals surface area contributed by atoms with Gasteiger partial charge in [0.1, 0.15) is 0 Å². The summed E-state index contributed by atoms with van der Waals surface area (Å²) in [6.07, 6.45) is 1.58. The van der Waals surface area contributed by atoms with Gasteiger partial charge in [-0.1, -0.05) is 22.9 Å². The quantitative estimate of drug-likeness (QED) is 0.816. The molecule has 1 unspecified atom stereocenters. The van der Waals surface area contributed by atoms with E-state index in [1.807, 2.05) is 19.1 Å². The molecule has 0 N–H and O–H groups in total. The first-order valence-corrected chi connectivity index (χ1v) is 10.3. The van der Waals surface area contributed by atoms with Gasteiger partial charge in [-0.15, -0.1) is 0 Å². The lowest BCUT2D eigenvalue weighted by molar-refractivity contribution is 0.0104. The lowest BCUT2D eigenvalue weighted by Crippen LogP contribution is -2.37. The van der Waals surface area contributed by atoms with Crippen LogP contribution in [-0.4, -0.2) is 49.2 Å². The Bertz CT molecular complexity index is 885. The first-order chi connectivity index (χ1) is 12.4. The van der Waals surface area contributed by atoms with E-state index in [4.69, 9.17) is 9.26 Å². The molecule has 2 aromatic rings. The van der Waals surface area contributed by atoms with Gasteiger partial charge in [0.15, 0.2) is 5.82 Å². The molecular weight excluding hydrogens is 354 g/mol. The molecule has 4 rings (SSSR count). The molecule has 2 fully saturated rings. The fourth-order valence-corrected chi connectivity index (χ4v) is 5.60. The van der Waals surface area contributed by atoms with Crippen molar-refractivity contribution in [2.24, 2.45) is 5.41 Å². The highest BCUT2D eigenvalue weighted by atomic mass is 32.2. The Kier molecular flexibility index (Phi) is 4.37. The van der Waals surface area contributed by atoms with Crippen LogP contribution in [0.2, 0.25) is 0 Å². The maximum Gasteiger partial charge on any atom is 0.243 e. The van der Waals surface area contributed by atoms with Crippen molar-refractivity contribution in [1.29, 1.82) is 0 Å². The van der Waals surface area contributed by atoms with Crippen LogP contribution < -0.4 is 0 Å². The summed E-state index contributed by atoms with van der Waals surface area (Å²) < 4.78 is 38.9. The zero-order valence-corrected chi connectivity index (χ0v) is 15.8. The number of hydrogen-bond donors (Lipinski definition) is 0. The predicted octanol–water partition coefficient (Wildman–Crippen LogP) is 2.27. The Morgan fingerprint density at radius 3 is 2.46 bits per heavy atom. The molecule has 2 aliphatic heterocycles.